The topological polar surface area (TPSA) is 55.4 Å². The molecule has 4 heteroatoms. The van der Waals surface area contributed by atoms with E-state index in [0.717, 1.165) is 25.7 Å². The number of hydrogen-bond donors (Lipinski definition) is 1. The minimum Gasteiger partial charge on any atom is -0.453 e. The molecular weight excluding hydrogens is 230 g/mol. The molecule has 1 atom stereocenters. The number of ether oxygens (including phenoxy) is 1. The maximum Gasteiger partial charge on any atom is 0.407 e. The lowest BCUT2D eigenvalue weighted by molar-refractivity contribution is -0.126. The molecular formula is C14H27NO3. The molecule has 0 aliphatic rings. The van der Waals surface area contributed by atoms with E-state index < -0.39 is 12.1 Å². The van der Waals surface area contributed by atoms with Gasteiger partial charge in [0.25, 0.3) is 0 Å². The fraction of sp³-hybridized carbons (Fsp3) is 0.857. The van der Waals surface area contributed by atoms with E-state index in [2.05, 4.69) is 23.9 Å². The van der Waals surface area contributed by atoms with Gasteiger partial charge in [-0.3, -0.25) is 4.79 Å². The molecule has 0 saturated heterocycles. The quantitative estimate of drug-likeness (QED) is 0.726. The summed E-state index contributed by atoms with van der Waals surface area (Å²) in [6.07, 6.45) is 3.21. The van der Waals surface area contributed by atoms with Crippen molar-refractivity contribution in [2.24, 2.45) is 11.8 Å². The first-order valence-corrected chi connectivity index (χ1v) is 6.86. The molecule has 0 aromatic carbocycles. The monoisotopic (exact) mass is 257 g/mol. The first kappa shape index (κ1) is 16.9. The summed E-state index contributed by atoms with van der Waals surface area (Å²) in [7, 11) is 1.31. The summed E-state index contributed by atoms with van der Waals surface area (Å²) in [4.78, 5) is 23.7. The summed E-state index contributed by atoms with van der Waals surface area (Å²) in [5.74, 6) is 0.261. The number of rotatable bonds is 8. The van der Waals surface area contributed by atoms with Crippen LogP contribution in [-0.2, 0) is 9.53 Å². The van der Waals surface area contributed by atoms with Gasteiger partial charge in [-0.05, 0) is 18.8 Å². The Morgan fingerprint density at radius 3 is 1.94 bits per heavy atom. The lowest BCUT2D eigenvalue weighted by Gasteiger charge is -2.25. The molecule has 0 radical (unpaired) electrons. The number of Topliss-reactive ketones (excluding diaryl/α,β-unsaturated/α-hetero) is 1. The highest BCUT2D eigenvalue weighted by Gasteiger charge is 2.29. The minimum atomic E-state index is -0.534. The smallest absolute Gasteiger partial charge is 0.407 e. The van der Waals surface area contributed by atoms with E-state index in [1.54, 1.807) is 0 Å². The van der Waals surface area contributed by atoms with Crippen LogP contribution in [0.2, 0.25) is 0 Å². The van der Waals surface area contributed by atoms with Gasteiger partial charge in [-0.1, -0.05) is 40.5 Å². The third-order valence-electron chi connectivity index (χ3n) is 3.11. The van der Waals surface area contributed by atoms with Gasteiger partial charge in [0.15, 0.2) is 5.78 Å². The van der Waals surface area contributed by atoms with E-state index in [1.165, 1.54) is 7.11 Å². The van der Waals surface area contributed by atoms with Crippen LogP contribution < -0.4 is 5.32 Å². The number of alkyl carbamates (subject to hydrolysis) is 1. The van der Waals surface area contributed by atoms with Crippen molar-refractivity contribution in [3.63, 3.8) is 0 Å². The number of carbonyl (C=O) groups is 2. The molecule has 106 valence electrons. The van der Waals surface area contributed by atoms with Crippen LogP contribution in [0.4, 0.5) is 4.79 Å². The second-order valence-corrected chi connectivity index (χ2v) is 5.03. The van der Waals surface area contributed by atoms with Crippen molar-refractivity contribution in [3.05, 3.63) is 0 Å². The molecule has 1 N–H and O–H groups in total. The third kappa shape index (κ3) is 5.52. The second kappa shape index (κ2) is 8.95. The molecule has 0 aromatic rings. The average molecular weight is 257 g/mol. The number of methoxy groups -OCH3 is 1. The summed E-state index contributed by atoms with van der Waals surface area (Å²) >= 11 is 0. The highest BCUT2D eigenvalue weighted by Crippen LogP contribution is 2.19. The molecule has 0 aromatic heterocycles. The Morgan fingerprint density at radius 2 is 1.61 bits per heavy atom. The van der Waals surface area contributed by atoms with Crippen LogP contribution in [0.1, 0.15) is 53.4 Å². The van der Waals surface area contributed by atoms with Crippen LogP contribution in [-0.4, -0.2) is 25.0 Å². The highest BCUT2D eigenvalue weighted by atomic mass is 16.5. The van der Waals surface area contributed by atoms with Crippen LogP contribution >= 0.6 is 0 Å². The van der Waals surface area contributed by atoms with E-state index in [4.69, 9.17) is 0 Å². The van der Waals surface area contributed by atoms with Gasteiger partial charge in [0, 0.05) is 5.92 Å². The SMILES string of the molecule is CCCC(CCC)C(=O)C(NC(=O)OC)C(C)C. The van der Waals surface area contributed by atoms with Crippen LogP contribution in [0.15, 0.2) is 0 Å². The van der Waals surface area contributed by atoms with Crippen molar-refractivity contribution in [1.82, 2.24) is 5.32 Å². The zero-order valence-electron chi connectivity index (χ0n) is 12.3. The Balaban J connectivity index is 4.75. The largest absolute Gasteiger partial charge is 0.453 e. The molecule has 0 spiro atoms. The van der Waals surface area contributed by atoms with Gasteiger partial charge < -0.3 is 10.1 Å². The first-order chi connectivity index (χ1) is 8.47. The molecule has 0 fully saturated rings. The van der Waals surface area contributed by atoms with Crippen molar-refractivity contribution in [3.8, 4) is 0 Å². The second-order valence-electron chi connectivity index (χ2n) is 5.03. The first-order valence-electron chi connectivity index (χ1n) is 6.86. The van der Waals surface area contributed by atoms with Gasteiger partial charge >= 0.3 is 6.09 Å². The molecule has 0 aliphatic carbocycles. The van der Waals surface area contributed by atoms with Gasteiger partial charge in [-0.25, -0.2) is 4.79 Å². The van der Waals surface area contributed by atoms with Gasteiger partial charge in [0.2, 0.25) is 0 Å². The molecule has 4 nitrogen and oxygen atoms in total. The van der Waals surface area contributed by atoms with Crippen LogP contribution in [0.5, 0.6) is 0 Å². The maximum absolute atomic E-state index is 12.4. The summed E-state index contributed by atoms with van der Waals surface area (Å²) in [5, 5.41) is 2.65. The zero-order chi connectivity index (χ0) is 14.1. The Bertz CT molecular complexity index is 258. The molecule has 0 bridgehead atoms. The van der Waals surface area contributed by atoms with E-state index in [1.807, 2.05) is 13.8 Å². The lowest BCUT2D eigenvalue weighted by Crippen LogP contribution is -2.46. The predicted octanol–water partition coefficient (Wildman–Crippen LogP) is 3.15. The van der Waals surface area contributed by atoms with Gasteiger partial charge in [0.05, 0.1) is 13.2 Å². The van der Waals surface area contributed by atoms with Crippen LogP contribution in [0.3, 0.4) is 0 Å². The number of nitrogens with one attached hydrogen (secondary N) is 1. The van der Waals surface area contributed by atoms with Crippen LogP contribution in [0, 0.1) is 11.8 Å². The molecule has 0 saturated carbocycles. The third-order valence-corrected chi connectivity index (χ3v) is 3.11. The van der Waals surface area contributed by atoms with E-state index in [-0.39, 0.29) is 17.6 Å². The van der Waals surface area contributed by atoms with Crippen molar-refractivity contribution < 1.29 is 14.3 Å². The molecule has 1 unspecified atom stereocenters. The fourth-order valence-electron chi connectivity index (χ4n) is 2.13. The number of carbonyl (C=O) groups excluding carboxylic acids is 2. The highest BCUT2D eigenvalue weighted by molar-refractivity contribution is 5.89. The summed E-state index contributed by atoms with van der Waals surface area (Å²) in [5.41, 5.74) is 0. The van der Waals surface area contributed by atoms with E-state index in [9.17, 15) is 9.59 Å². The average Bonchev–Trinajstić information content (AvgIpc) is 2.34. The van der Waals surface area contributed by atoms with Gasteiger partial charge in [-0.15, -0.1) is 0 Å². The Kier molecular flexibility index (Phi) is 8.42. The molecule has 18 heavy (non-hydrogen) atoms. The van der Waals surface area contributed by atoms with Crippen molar-refractivity contribution in [1.29, 1.82) is 0 Å². The molecule has 0 heterocycles. The Labute approximate surface area is 110 Å². The number of amides is 1. The van der Waals surface area contributed by atoms with Crippen molar-refractivity contribution >= 4 is 11.9 Å². The van der Waals surface area contributed by atoms with Crippen molar-refractivity contribution in [2.45, 2.75) is 59.4 Å². The standard InChI is InChI=1S/C14H27NO3/c1-6-8-11(9-7-2)13(16)12(10(3)4)15-14(17)18-5/h10-12H,6-9H2,1-5H3,(H,15,17). The molecule has 1 amide bonds. The number of ketones is 1. The Morgan fingerprint density at radius 1 is 1.11 bits per heavy atom. The molecule has 0 rings (SSSR count). The maximum atomic E-state index is 12.4. The van der Waals surface area contributed by atoms with Crippen LogP contribution in [0.25, 0.3) is 0 Å². The summed E-state index contributed by atoms with van der Waals surface area (Å²) in [6, 6.07) is -0.444. The van der Waals surface area contributed by atoms with Gasteiger partial charge in [-0.2, -0.15) is 0 Å². The predicted molar refractivity (Wildman–Crippen MR) is 72.5 cm³/mol. The summed E-state index contributed by atoms with van der Waals surface area (Å²) in [6.45, 7) is 8.03. The normalized spacial score (nSPS) is 12.6. The van der Waals surface area contributed by atoms with Gasteiger partial charge in [0.1, 0.15) is 0 Å². The van der Waals surface area contributed by atoms with Crippen molar-refractivity contribution in [2.75, 3.05) is 7.11 Å². The fourth-order valence-corrected chi connectivity index (χ4v) is 2.13. The van der Waals surface area contributed by atoms with E-state index in [0.29, 0.717) is 0 Å². The minimum absolute atomic E-state index is 0.0459. The summed E-state index contributed by atoms with van der Waals surface area (Å²) < 4.78 is 4.58. The van der Waals surface area contributed by atoms with E-state index >= 15 is 0 Å². The number of hydrogen-bond acceptors (Lipinski definition) is 3. The zero-order valence-corrected chi connectivity index (χ0v) is 12.3. The Hall–Kier alpha value is -1.06. The molecule has 0 aliphatic heterocycles. The lowest BCUT2D eigenvalue weighted by atomic mass is 9.86.